The fourth-order valence-electron chi connectivity index (χ4n) is 2.16. The Balaban J connectivity index is 1.84. The molecule has 1 aromatic heterocycles. The smallest absolute Gasteiger partial charge is 0.118 e. The Morgan fingerprint density at radius 1 is 1.25 bits per heavy atom. The summed E-state index contributed by atoms with van der Waals surface area (Å²) in [7, 11) is 2.01. The third-order valence-corrected chi connectivity index (χ3v) is 3.61. The zero-order valence-corrected chi connectivity index (χ0v) is 12.6. The van der Waals surface area contributed by atoms with Gasteiger partial charge < -0.3 is 9.52 Å². The highest BCUT2D eigenvalue weighted by atomic mass is 35.5. The monoisotopic (exact) mass is 293 g/mol. The molecule has 0 bridgehead atoms. The van der Waals surface area contributed by atoms with Gasteiger partial charge in [-0.05, 0) is 44.2 Å². The van der Waals surface area contributed by atoms with Gasteiger partial charge in [0.25, 0.3) is 0 Å². The Bertz CT molecular complexity index is 553. The molecule has 0 saturated carbocycles. The average Bonchev–Trinajstić information content (AvgIpc) is 2.82. The van der Waals surface area contributed by atoms with Crippen LogP contribution in [0, 0.1) is 6.92 Å². The van der Waals surface area contributed by atoms with Crippen molar-refractivity contribution in [2.45, 2.75) is 26.0 Å². The number of aliphatic hydroxyl groups is 1. The second kappa shape index (κ2) is 6.93. The lowest BCUT2D eigenvalue weighted by molar-refractivity contribution is 0.145. The van der Waals surface area contributed by atoms with Gasteiger partial charge in [-0.15, -0.1) is 0 Å². The van der Waals surface area contributed by atoms with Crippen molar-refractivity contribution in [3.8, 4) is 0 Å². The summed E-state index contributed by atoms with van der Waals surface area (Å²) in [6.07, 6.45) is 0.101. The largest absolute Gasteiger partial charge is 0.465 e. The van der Waals surface area contributed by atoms with Crippen molar-refractivity contribution in [2.24, 2.45) is 0 Å². The van der Waals surface area contributed by atoms with E-state index in [4.69, 9.17) is 16.0 Å². The highest BCUT2D eigenvalue weighted by Gasteiger charge is 2.12. The van der Waals surface area contributed by atoms with Gasteiger partial charge in [-0.1, -0.05) is 29.8 Å². The van der Waals surface area contributed by atoms with E-state index in [1.807, 2.05) is 44.3 Å². The molecule has 0 spiro atoms. The van der Waals surface area contributed by atoms with Crippen LogP contribution in [-0.2, 0) is 6.54 Å². The second-order valence-electron chi connectivity index (χ2n) is 5.08. The lowest BCUT2D eigenvalue weighted by atomic mass is 10.1. The van der Waals surface area contributed by atoms with Crippen molar-refractivity contribution in [2.75, 3.05) is 13.6 Å². The first-order valence-electron chi connectivity index (χ1n) is 6.72. The highest BCUT2D eigenvalue weighted by Crippen LogP contribution is 2.25. The van der Waals surface area contributed by atoms with Crippen LogP contribution < -0.4 is 0 Å². The van der Waals surface area contributed by atoms with Gasteiger partial charge in [0.15, 0.2) is 0 Å². The van der Waals surface area contributed by atoms with Gasteiger partial charge in [0.05, 0.1) is 12.6 Å². The molecule has 1 atom stereocenters. The third-order valence-electron chi connectivity index (χ3n) is 3.27. The molecule has 1 N–H and O–H groups in total. The predicted molar refractivity (Wildman–Crippen MR) is 80.8 cm³/mol. The summed E-state index contributed by atoms with van der Waals surface area (Å²) < 4.78 is 5.54. The molecule has 4 heteroatoms. The van der Waals surface area contributed by atoms with E-state index in [-0.39, 0.29) is 0 Å². The third kappa shape index (κ3) is 4.10. The Labute approximate surface area is 124 Å². The normalized spacial score (nSPS) is 12.8. The molecule has 0 fully saturated rings. The van der Waals surface area contributed by atoms with Gasteiger partial charge >= 0.3 is 0 Å². The van der Waals surface area contributed by atoms with E-state index in [9.17, 15) is 5.11 Å². The zero-order chi connectivity index (χ0) is 14.5. The van der Waals surface area contributed by atoms with E-state index in [1.165, 1.54) is 0 Å². The summed E-state index contributed by atoms with van der Waals surface area (Å²) in [5.41, 5.74) is 0.788. The van der Waals surface area contributed by atoms with Crippen LogP contribution in [0.2, 0.25) is 5.02 Å². The Hall–Kier alpha value is -1.29. The fraction of sp³-hybridized carbons (Fsp3) is 0.375. The van der Waals surface area contributed by atoms with Crippen molar-refractivity contribution in [3.63, 3.8) is 0 Å². The first kappa shape index (κ1) is 15.1. The van der Waals surface area contributed by atoms with Crippen molar-refractivity contribution in [1.82, 2.24) is 4.90 Å². The SMILES string of the molecule is Cc1ccc(CN(C)CCC(O)c2ccccc2Cl)o1. The summed E-state index contributed by atoms with van der Waals surface area (Å²) in [5.74, 6) is 1.86. The molecule has 0 saturated heterocycles. The van der Waals surface area contributed by atoms with E-state index in [0.717, 1.165) is 30.2 Å². The molecular weight excluding hydrogens is 274 g/mol. The molecular formula is C16H20ClNO2. The van der Waals surface area contributed by atoms with E-state index in [2.05, 4.69) is 4.90 Å². The first-order chi connectivity index (χ1) is 9.56. The number of halogens is 1. The highest BCUT2D eigenvalue weighted by molar-refractivity contribution is 6.31. The molecule has 0 amide bonds. The van der Waals surface area contributed by atoms with Crippen LogP contribution in [-0.4, -0.2) is 23.6 Å². The van der Waals surface area contributed by atoms with Crippen LogP contribution in [0.25, 0.3) is 0 Å². The van der Waals surface area contributed by atoms with Gasteiger partial charge in [0, 0.05) is 11.6 Å². The van der Waals surface area contributed by atoms with Crippen LogP contribution in [0.15, 0.2) is 40.8 Å². The van der Waals surface area contributed by atoms with Gasteiger partial charge in [0.1, 0.15) is 11.5 Å². The van der Waals surface area contributed by atoms with Crippen LogP contribution in [0.5, 0.6) is 0 Å². The predicted octanol–water partition coefficient (Wildman–Crippen LogP) is 3.80. The van der Waals surface area contributed by atoms with Crippen molar-refractivity contribution < 1.29 is 9.52 Å². The summed E-state index contributed by atoms with van der Waals surface area (Å²) in [6.45, 7) is 3.44. The van der Waals surface area contributed by atoms with Gasteiger partial charge in [-0.3, -0.25) is 4.90 Å². The lowest BCUT2D eigenvalue weighted by Gasteiger charge is -2.18. The summed E-state index contributed by atoms with van der Waals surface area (Å²) in [6, 6.07) is 11.4. The van der Waals surface area contributed by atoms with Crippen LogP contribution >= 0.6 is 11.6 Å². The molecule has 1 heterocycles. The van der Waals surface area contributed by atoms with E-state index >= 15 is 0 Å². The maximum Gasteiger partial charge on any atom is 0.118 e. The Morgan fingerprint density at radius 3 is 2.65 bits per heavy atom. The van der Waals surface area contributed by atoms with Crippen LogP contribution in [0.3, 0.4) is 0 Å². The first-order valence-corrected chi connectivity index (χ1v) is 7.10. The molecule has 3 nitrogen and oxygen atoms in total. The standard InChI is InChI=1S/C16H20ClNO2/c1-12-7-8-13(20-12)11-18(2)10-9-16(19)14-5-3-4-6-15(14)17/h3-8,16,19H,9-11H2,1-2H3. The molecule has 0 radical (unpaired) electrons. The minimum absolute atomic E-state index is 0.538. The Kier molecular flexibility index (Phi) is 5.24. The number of nitrogens with zero attached hydrogens (tertiary/aromatic N) is 1. The van der Waals surface area contributed by atoms with E-state index in [0.29, 0.717) is 11.4 Å². The number of hydrogen-bond donors (Lipinski definition) is 1. The maximum absolute atomic E-state index is 10.2. The number of furan rings is 1. The molecule has 1 unspecified atom stereocenters. The minimum Gasteiger partial charge on any atom is -0.465 e. The fourth-order valence-corrected chi connectivity index (χ4v) is 2.42. The van der Waals surface area contributed by atoms with Crippen LogP contribution in [0.1, 0.15) is 29.6 Å². The van der Waals surface area contributed by atoms with Gasteiger partial charge in [-0.25, -0.2) is 0 Å². The zero-order valence-electron chi connectivity index (χ0n) is 11.8. The van der Waals surface area contributed by atoms with Gasteiger partial charge in [-0.2, -0.15) is 0 Å². The second-order valence-corrected chi connectivity index (χ2v) is 5.48. The molecule has 1 aromatic carbocycles. The molecule has 2 aromatic rings. The number of aryl methyl sites for hydroxylation is 1. The Morgan fingerprint density at radius 2 is 2.00 bits per heavy atom. The quantitative estimate of drug-likeness (QED) is 0.880. The van der Waals surface area contributed by atoms with Crippen molar-refractivity contribution in [1.29, 1.82) is 0 Å². The summed E-state index contributed by atoms with van der Waals surface area (Å²) >= 11 is 6.08. The van der Waals surface area contributed by atoms with Crippen molar-refractivity contribution in [3.05, 3.63) is 58.5 Å². The molecule has 108 valence electrons. The summed E-state index contributed by atoms with van der Waals surface area (Å²) in [5, 5.41) is 10.8. The van der Waals surface area contributed by atoms with E-state index in [1.54, 1.807) is 6.07 Å². The summed E-state index contributed by atoms with van der Waals surface area (Å²) in [4.78, 5) is 2.12. The molecule has 2 rings (SSSR count). The van der Waals surface area contributed by atoms with Crippen LogP contribution in [0.4, 0.5) is 0 Å². The molecule has 0 aliphatic heterocycles. The number of hydrogen-bond acceptors (Lipinski definition) is 3. The lowest BCUT2D eigenvalue weighted by Crippen LogP contribution is -2.20. The van der Waals surface area contributed by atoms with Gasteiger partial charge in [0.2, 0.25) is 0 Å². The molecule has 20 heavy (non-hydrogen) atoms. The van der Waals surface area contributed by atoms with Crippen molar-refractivity contribution >= 4 is 11.6 Å². The number of rotatable bonds is 6. The topological polar surface area (TPSA) is 36.6 Å². The average molecular weight is 294 g/mol. The van der Waals surface area contributed by atoms with E-state index < -0.39 is 6.10 Å². The molecule has 0 aliphatic rings. The number of aliphatic hydroxyl groups excluding tert-OH is 1. The minimum atomic E-state index is -0.538. The maximum atomic E-state index is 10.2. The molecule has 0 aliphatic carbocycles. The number of benzene rings is 1.